The van der Waals surface area contributed by atoms with E-state index in [1.54, 1.807) is 7.11 Å². The van der Waals surface area contributed by atoms with Gasteiger partial charge in [-0.3, -0.25) is 0 Å². The zero-order chi connectivity index (χ0) is 22.1. The number of fused-ring (bicyclic) bond motifs is 1. The first kappa shape index (κ1) is 23.6. The van der Waals surface area contributed by atoms with Crippen LogP contribution in [0.4, 0.5) is 11.8 Å². The van der Waals surface area contributed by atoms with Crippen LogP contribution in [0.5, 0.6) is 0 Å². The van der Waals surface area contributed by atoms with Crippen LogP contribution < -0.4 is 11.1 Å². The summed E-state index contributed by atoms with van der Waals surface area (Å²) in [5, 5.41) is 12.8. The number of nitrogen functional groups attached to an aromatic ring is 1. The van der Waals surface area contributed by atoms with Crippen LogP contribution in [0.25, 0.3) is 11.2 Å². The molecule has 2 unspecified atom stereocenters. The predicted octanol–water partition coefficient (Wildman–Crippen LogP) is 3.36. The third-order valence-electron chi connectivity index (χ3n) is 4.86. The Labute approximate surface area is 178 Å². The Morgan fingerprint density at radius 2 is 1.87 bits per heavy atom. The molecule has 30 heavy (non-hydrogen) atoms. The Bertz CT molecular complexity index is 909. The van der Waals surface area contributed by atoms with E-state index in [-0.39, 0.29) is 24.7 Å². The van der Waals surface area contributed by atoms with Crippen LogP contribution in [0.15, 0.2) is 30.3 Å². The number of ether oxygens (including phenoxy) is 1. The topological polar surface area (TPSA) is 111 Å². The van der Waals surface area contributed by atoms with Crippen molar-refractivity contribution in [2.24, 2.45) is 0 Å². The number of nitrogens with two attached hydrogens (primary N) is 1. The van der Waals surface area contributed by atoms with Gasteiger partial charge in [-0.15, -0.1) is 0 Å². The first-order valence-corrected chi connectivity index (χ1v) is 10.5. The summed E-state index contributed by atoms with van der Waals surface area (Å²) in [6.07, 6.45) is 1.27. The van der Waals surface area contributed by atoms with Crippen LogP contribution in [-0.2, 0) is 11.2 Å². The molecule has 0 radical (unpaired) electrons. The number of aryl methyl sites for hydroxylation is 1. The zero-order valence-corrected chi connectivity index (χ0v) is 18.6. The second-order valence-corrected chi connectivity index (χ2v) is 6.92. The molecule has 0 aliphatic heterocycles. The molecule has 0 saturated heterocycles. The van der Waals surface area contributed by atoms with Crippen molar-refractivity contribution < 1.29 is 9.84 Å². The van der Waals surface area contributed by atoms with Crippen molar-refractivity contribution in [2.45, 2.75) is 52.7 Å². The molecule has 3 rings (SSSR count). The maximum Gasteiger partial charge on any atom is 0.224 e. The van der Waals surface area contributed by atoms with Crippen molar-refractivity contribution in [3.8, 4) is 0 Å². The zero-order valence-electron chi connectivity index (χ0n) is 18.6. The lowest BCUT2D eigenvalue weighted by atomic mass is 10.1. The third-order valence-corrected chi connectivity index (χ3v) is 4.86. The lowest BCUT2D eigenvalue weighted by molar-refractivity contribution is 0.0347. The average molecular weight is 415 g/mol. The molecular formula is C22H34N6O2. The number of aliphatic hydroxyl groups is 1. The molecular weight excluding hydrogens is 380 g/mol. The van der Waals surface area contributed by atoms with E-state index >= 15 is 0 Å². The molecule has 0 aliphatic rings. The van der Waals surface area contributed by atoms with Crippen LogP contribution in [0.1, 0.15) is 44.6 Å². The number of aliphatic hydroxyl groups excluding tert-OH is 1. The fourth-order valence-electron chi connectivity index (χ4n) is 3.45. The number of rotatable bonds is 9. The molecule has 0 fully saturated rings. The number of nitrogens with zero attached hydrogens (tertiary/aromatic N) is 4. The van der Waals surface area contributed by atoms with E-state index in [4.69, 9.17) is 10.5 Å². The standard InChI is InChI=1S/C20H28N6O2.C2H6/c1-13(11-16(12-27)28-3)26-14(2)23-17-18(24-20(21)25-19(17)26)22-10-9-15-7-5-4-6-8-15;1-2/h4-8,13,16,27H,9-12H2,1-3H3,(H3,21,22,24,25);1-2H3. The van der Waals surface area contributed by atoms with Gasteiger partial charge in [0.1, 0.15) is 5.82 Å². The van der Waals surface area contributed by atoms with Crippen LogP contribution in [0.3, 0.4) is 0 Å². The highest BCUT2D eigenvalue weighted by molar-refractivity contribution is 5.84. The molecule has 2 atom stereocenters. The summed E-state index contributed by atoms with van der Waals surface area (Å²) in [4.78, 5) is 13.5. The van der Waals surface area contributed by atoms with Gasteiger partial charge in [-0.05, 0) is 32.3 Å². The number of hydrogen-bond donors (Lipinski definition) is 3. The summed E-state index contributed by atoms with van der Waals surface area (Å²) in [7, 11) is 1.60. The van der Waals surface area contributed by atoms with E-state index in [1.807, 2.05) is 43.5 Å². The highest BCUT2D eigenvalue weighted by Gasteiger charge is 2.21. The second kappa shape index (κ2) is 11.5. The molecule has 8 nitrogen and oxygen atoms in total. The number of hydrogen-bond acceptors (Lipinski definition) is 7. The maximum absolute atomic E-state index is 9.43. The molecule has 0 saturated carbocycles. The predicted molar refractivity (Wildman–Crippen MR) is 122 cm³/mol. The first-order chi connectivity index (χ1) is 14.5. The summed E-state index contributed by atoms with van der Waals surface area (Å²) in [6, 6.07) is 10.3. The largest absolute Gasteiger partial charge is 0.394 e. The van der Waals surface area contributed by atoms with Gasteiger partial charge in [0.05, 0.1) is 12.7 Å². The quantitative estimate of drug-likeness (QED) is 0.492. The third kappa shape index (κ3) is 5.67. The highest BCUT2D eigenvalue weighted by Crippen LogP contribution is 2.27. The van der Waals surface area contributed by atoms with Crippen molar-refractivity contribution in [2.75, 3.05) is 31.3 Å². The van der Waals surface area contributed by atoms with Crippen LogP contribution in [0, 0.1) is 6.92 Å². The molecule has 2 heterocycles. The molecule has 8 heteroatoms. The van der Waals surface area contributed by atoms with Gasteiger partial charge in [-0.1, -0.05) is 44.2 Å². The van der Waals surface area contributed by atoms with Crippen LogP contribution >= 0.6 is 0 Å². The monoisotopic (exact) mass is 414 g/mol. The molecule has 3 aromatic rings. The number of anilines is 2. The van der Waals surface area contributed by atoms with E-state index in [1.165, 1.54) is 5.56 Å². The number of benzene rings is 1. The SMILES string of the molecule is CC.COC(CO)CC(C)n1c(C)nc2c(NCCc3ccccc3)nc(N)nc21. The molecule has 0 bridgehead atoms. The van der Waals surface area contributed by atoms with E-state index in [9.17, 15) is 5.11 Å². The fourth-order valence-corrected chi connectivity index (χ4v) is 3.45. The minimum absolute atomic E-state index is 0.0318. The van der Waals surface area contributed by atoms with Gasteiger partial charge in [-0.2, -0.15) is 9.97 Å². The van der Waals surface area contributed by atoms with Crippen molar-refractivity contribution in [3.63, 3.8) is 0 Å². The minimum atomic E-state index is -0.241. The normalized spacial score (nSPS) is 12.9. The Morgan fingerprint density at radius 3 is 2.50 bits per heavy atom. The highest BCUT2D eigenvalue weighted by atomic mass is 16.5. The average Bonchev–Trinajstić information content (AvgIpc) is 3.10. The smallest absolute Gasteiger partial charge is 0.224 e. The lowest BCUT2D eigenvalue weighted by Gasteiger charge is -2.20. The number of imidazole rings is 1. The summed E-state index contributed by atoms with van der Waals surface area (Å²) >= 11 is 0. The van der Waals surface area contributed by atoms with E-state index in [0.717, 1.165) is 12.2 Å². The molecule has 4 N–H and O–H groups in total. The van der Waals surface area contributed by atoms with Crippen molar-refractivity contribution in [3.05, 3.63) is 41.7 Å². The van der Waals surface area contributed by atoms with Crippen LogP contribution in [0.2, 0.25) is 0 Å². The summed E-state index contributed by atoms with van der Waals surface area (Å²) in [5.41, 5.74) is 8.61. The Morgan fingerprint density at radius 1 is 1.17 bits per heavy atom. The Hall–Kier alpha value is -2.71. The van der Waals surface area contributed by atoms with Crippen molar-refractivity contribution >= 4 is 22.9 Å². The second-order valence-electron chi connectivity index (χ2n) is 6.92. The first-order valence-electron chi connectivity index (χ1n) is 10.5. The Kier molecular flexibility index (Phi) is 9.01. The van der Waals surface area contributed by atoms with E-state index in [2.05, 4.69) is 39.3 Å². The van der Waals surface area contributed by atoms with Gasteiger partial charge in [0.25, 0.3) is 0 Å². The van der Waals surface area contributed by atoms with Gasteiger partial charge in [0.2, 0.25) is 5.95 Å². The van der Waals surface area contributed by atoms with Gasteiger partial charge in [-0.25, -0.2) is 4.98 Å². The summed E-state index contributed by atoms with van der Waals surface area (Å²) in [6.45, 7) is 8.67. The maximum atomic E-state index is 9.43. The lowest BCUT2D eigenvalue weighted by Crippen LogP contribution is -2.21. The molecule has 164 valence electrons. The number of nitrogens with one attached hydrogen (secondary N) is 1. The Balaban J connectivity index is 0.00000155. The molecule has 2 aromatic heterocycles. The minimum Gasteiger partial charge on any atom is -0.394 e. The molecule has 1 aromatic carbocycles. The van der Waals surface area contributed by atoms with Crippen molar-refractivity contribution in [1.29, 1.82) is 0 Å². The molecule has 0 amide bonds. The fraction of sp³-hybridized carbons (Fsp3) is 0.500. The number of aromatic nitrogens is 4. The van der Waals surface area contributed by atoms with Gasteiger partial charge < -0.3 is 25.5 Å². The van der Waals surface area contributed by atoms with Gasteiger partial charge in [0, 0.05) is 19.7 Å². The molecule has 0 aliphatic carbocycles. The summed E-state index contributed by atoms with van der Waals surface area (Å²) in [5.74, 6) is 1.66. The molecule has 0 spiro atoms. The van der Waals surface area contributed by atoms with Crippen molar-refractivity contribution in [1.82, 2.24) is 19.5 Å². The van der Waals surface area contributed by atoms with E-state index < -0.39 is 0 Å². The van der Waals surface area contributed by atoms with Gasteiger partial charge >= 0.3 is 0 Å². The van der Waals surface area contributed by atoms with Gasteiger partial charge in [0.15, 0.2) is 17.0 Å². The summed E-state index contributed by atoms with van der Waals surface area (Å²) < 4.78 is 7.33. The van der Waals surface area contributed by atoms with E-state index in [0.29, 0.717) is 29.9 Å². The van der Waals surface area contributed by atoms with Crippen LogP contribution in [-0.4, -0.2) is 51.0 Å². The number of methoxy groups -OCH3 is 1.